The second kappa shape index (κ2) is 9.61. The van der Waals surface area contributed by atoms with Crippen LogP contribution in [0.5, 0.6) is 0 Å². The van der Waals surface area contributed by atoms with E-state index >= 15 is 0 Å². The molecule has 2 nitrogen and oxygen atoms in total. The maximum Gasteiger partial charge on any atom is 0.0619 e. The quantitative estimate of drug-likeness (QED) is 0.207. The van der Waals surface area contributed by atoms with Gasteiger partial charge >= 0.3 is 0 Å². The van der Waals surface area contributed by atoms with Crippen LogP contribution in [0.3, 0.4) is 0 Å². The molecule has 0 radical (unpaired) electrons. The normalized spacial score (nSPS) is 16.9. The van der Waals surface area contributed by atoms with Gasteiger partial charge in [0.15, 0.2) is 0 Å². The Morgan fingerprint density at radius 1 is 0.558 bits per heavy atom. The number of hydrogen-bond donors (Lipinski definition) is 0. The Morgan fingerprint density at radius 2 is 1.33 bits per heavy atom. The third kappa shape index (κ3) is 3.66. The SMILES string of the molecule is C1=CCC=C(C2=CCC(n3c4ccccc4c4c5c6ccc7ccccc7c6n(-c6ccccc6)c5ccc43)C=C2)C=C1. The molecule has 1 atom stereocenters. The van der Waals surface area contributed by atoms with Crippen molar-refractivity contribution in [2.24, 2.45) is 0 Å². The maximum absolute atomic E-state index is 2.57. The minimum Gasteiger partial charge on any atom is -0.333 e. The van der Waals surface area contributed by atoms with E-state index in [1.54, 1.807) is 0 Å². The van der Waals surface area contributed by atoms with Crippen molar-refractivity contribution in [2.75, 3.05) is 0 Å². The molecule has 0 spiro atoms. The van der Waals surface area contributed by atoms with Gasteiger partial charge in [0.2, 0.25) is 0 Å². The molecule has 0 aliphatic heterocycles. The van der Waals surface area contributed by atoms with E-state index in [1.807, 2.05) is 0 Å². The third-order valence-corrected chi connectivity index (χ3v) is 9.24. The van der Waals surface area contributed by atoms with Crippen LogP contribution >= 0.6 is 0 Å². The first kappa shape index (κ1) is 24.3. The van der Waals surface area contributed by atoms with Crippen LogP contribution in [-0.4, -0.2) is 9.13 Å². The lowest BCUT2D eigenvalue weighted by atomic mass is 9.96. The number of allylic oxidation sites excluding steroid dienone is 10. The second-order valence-corrected chi connectivity index (χ2v) is 11.6. The molecule has 2 heteroatoms. The predicted molar refractivity (Wildman–Crippen MR) is 183 cm³/mol. The maximum atomic E-state index is 2.57. The lowest BCUT2D eigenvalue weighted by molar-refractivity contribution is 0.645. The standard InChI is InChI=1S/C41H30N2/c1-2-5-13-28(12-4-1)29-20-23-32(24-21-29)42-36-19-11-10-18-34(36)39-37(42)26-27-38-40(39)35-25-22-30-14-8-9-17-33(30)41(35)43(38)31-15-6-3-7-16-31/h1-4,6-23,25-27,32H,5,24H2. The zero-order valence-electron chi connectivity index (χ0n) is 23.8. The predicted octanol–water partition coefficient (Wildman–Crippen LogP) is 10.9. The highest BCUT2D eigenvalue weighted by Crippen LogP contribution is 2.44. The van der Waals surface area contributed by atoms with Crippen LogP contribution in [-0.2, 0) is 0 Å². The monoisotopic (exact) mass is 550 g/mol. The number of benzene rings is 5. The molecular formula is C41H30N2. The van der Waals surface area contributed by atoms with Crippen LogP contribution in [0.15, 0.2) is 163 Å². The van der Waals surface area contributed by atoms with Crippen molar-refractivity contribution < 1.29 is 0 Å². The first-order valence-electron chi connectivity index (χ1n) is 15.2. The molecule has 2 aromatic heterocycles. The van der Waals surface area contributed by atoms with Gasteiger partial charge in [-0.1, -0.05) is 121 Å². The van der Waals surface area contributed by atoms with Crippen molar-refractivity contribution in [2.45, 2.75) is 18.9 Å². The topological polar surface area (TPSA) is 9.86 Å². The molecule has 2 aliphatic carbocycles. The minimum atomic E-state index is 0.250. The number of fused-ring (bicyclic) bond motifs is 9. The summed E-state index contributed by atoms with van der Waals surface area (Å²) in [6, 6.07) is 38.1. The molecule has 43 heavy (non-hydrogen) atoms. The lowest BCUT2D eigenvalue weighted by Gasteiger charge is -2.21. The fraction of sp³-hybridized carbons (Fsp3) is 0.0732. The average molecular weight is 551 g/mol. The molecule has 0 fully saturated rings. The first-order valence-corrected chi connectivity index (χ1v) is 15.2. The van der Waals surface area contributed by atoms with Crippen LogP contribution in [0.1, 0.15) is 18.9 Å². The van der Waals surface area contributed by atoms with Gasteiger partial charge < -0.3 is 9.13 Å². The summed E-state index contributed by atoms with van der Waals surface area (Å²) in [7, 11) is 0. The van der Waals surface area contributed by atoms with Gasteiger partial charge in [-0.2, -0.15) is 0 Å². The van der Waals surface area contributed by atoms with Crippen LogP contribution < -0.4 is 0 Å². The molecule has 1 unspecified atom stereocenters. The largest absolute Gasteiger partial charge is 0.333 e. The number of aromatic nitrogens is 2. The van der Waals surface area contributed by atoms with Crippen molar-refractivity contribution in [3.05, 3.63) is 163 Å². The molecule has 0 saturated carbocycles. The van der Waals surface area contributed by atoms with Crippen LogP contribution in [0.25, 0.3) is 60.1 Å². The Labute approximate surface area is 250 Å². The molecule has 0 amide bonds. The Bertz CT molecular complexity index is 2390. The molecule has 0 N–H and O–H groups in total. The van der Waals surface area contributed by atoms with Gasteiger partial charge in [0.25, 0.3) is 0 Å². The van der Waals surface area contributed by atoms with Crippen molar-refractivity contribution in [1.82, 2.24) is 9.13 Å². The fourth-order valence-corrected chi connectivity index (χ4v) is 7.37. The van der Waals surface area contributed by atoms with Gasteiger partial charge in [-0.25, -0.2) is 0 Å². The van der Waals surface area contributed by atoms with E-state index in [2.05, 4.69) is 161 Å². The molecular weight excluding hydrogens is 520 g/mol. The van der Waals surface area contributed by atoms with Gasteiger partial charge in [0.05, 0.1) is 22.6 Å². The van der Waals surface area contributed by atoms with Crippen LogP contribution in [0.2, 0.25) is 0 Å². The Morgan fingerprint density at radius 3 is 2.21 bits per heavy atom. The minimum absolute atomic E-state index is 0.250. The Kier molecular flexibility index (Phi) is 5.42. The Balaban J connectivity index is 1.33. The van der Waals surface area contributed by atoms with E-state index in [0.29, 0.717) is 0 Å². The molecule has 0 bridgehead atoms. The van der Waals surface area contributed by atoms with Gasteiger partial charge in [-0.3, -0.25) is 0 Å². The first-order chi connectivity index (χ1) is 21.4. The van der Waals surface area contributed by atoms with E-state index in [-0.39, 0.29) is 6.04 Å². The summed E-state index contributed by atoms with van der Waals surface area (Å²) < 4.78 is 5.04. The van der Waals surface area contributed by atoms with Crippen LogP contribution in [0, 0.1) is 0 Å². The zero-order chi connectivity index (χ0) is 28.3. The summed E-state index contributed by atoms with van der Waals surface area (Å²) in [6.07, 6.45) is 20.1. The summed E-state index contributed by atoms with van der Waals surface area (Å²) in [4.78, 5) is 0. The van der Waals surface area contributed by atoms with E-state index in [0.717, 1.165) is 12.8 Å². The van der Waals surface area contributed by atoms with Crippen LogP contribution in [0.4, 0.5) is 0 Å². The van der Waals surface area contributed by atoms with E-state index in [4.69, 9.17) is 0 Å². The van der Waals surface area contributed by atoms with E-state index in [1.165, 1.54) is 71.2 Å². The summed E-state index contributed by atoms with van der Waals surface area (Å²) in [5, 5.41) is 7.82. The number of nitrogens with zero attached hydrogens (tertiary/aromatic N) is 2. The molecule has 7 aromatic rings. The third-order valence-electron chi connectivity index (χ3n) is 9.24. The zero-order valence-corrected chi connectivity index (χ0v) is 23.8. The van der Waals surface area contributed by atoms with Gasteiger partial charge in [0, 0.05) is 38.1 Å². The Hall–Kier alpha value is -5.34. The second-order valence-electron chi connectivity index (χ2n) is 11.6. The van der Waals surface area contributed by atoms with Gasteiger partial charge in [-0.15, -0.1) is 0 Å². The molecule has 5 aromatic carbocycles. The highest BCUT2D eigenvalue weighted by molar-refractivity contribution is 6.31. The summed E-state index contributed by atoms with van der Waals surface area (Å²) in [6.45, 7) is 0. The van der Waals surface area contributed by atoms with Crippen molar-refractivity contribution in [3.63, 3.8) is 0 Å². The van der Waals surface area contributed by atoms with E-state index < -0.39 is 0 Å². The number of hydrogen-bond acceptors (Lipinski definition) is 0. The molecule has 204 valence electrons. The summed E-state index contributed by atoms with van der Waals surface area (Å²) >= 11 is 0. The number of rotatable bonds is 3. The molecule has 2 aliphatic rings. The highest BCUT2D eigenvalue weighted by Gasteiger charge is 2.23. The number of para-hydroxylation sites is 2. The molecule has 9 rings (SSSR count). The lowest BCUT2D eigenvalue weighted by Crippen LogP contribution is -2.08. The van der Waals surface area contributed by atoms with Crippen molar-refractivity contribution >= 4 is 54.4 Å². The fourth-order valence-electron chi connectivity index (χ4n) is 7.37. The highest BCUT2D eigenvalue weighted by atomic mass is 15.0. The van der Waals surface area contributed by atoms with E-state index in [9.17, 15) is 0 Å². The average Bonchev–Trinajstić information content (AvgIpc) is 3.44. The molecule has 2 heterocycles. The molecule has 0 saturated heterocycles. The van der Waals surface area contributed by atoms with Gasteiger partial charge in [-0.05, 0) is 59.7 Å². The van der Waals surface area contributed by atoms with Crippen molar-refractivity contribution in [1.29, 1.82) is 0 Å². The summed E-state index contributed by atoms with van der Waals surface area (Å²) in [5.74, 6) is 0. The summed E-state index contributed by atoms with van der Waals surface area (Å²) in [5.41, 5.74) is 8.91. The van der Waals surface area contributed by atoms with Gasteiger partial charge in [0.1, 0.15) is 0 Å². The van der Waals surface area contributed by atoms with Crippen molar-refractivity contribution in [3.8, 4) is 5.69 Å². The smallest absolute Gasteiger partial charge is 0.0619 e.